The van der Waals surface area contributed by atoms with Gasteiger partial charge in [-0.25, -0.2) is 4.39 Å². The van der Waals surface area contributed by atoms with Crippen molar-refractivity contribution in [3.63, 3.8) is 0 Å². The van der Waals surface area contributed by atoms with Crippen LogP contribution in [0.4, 0.5) is 10.1 Å². The molecule has 0 spiro atoms. The molecular formula is C13H19FN2O. The zero-order chi connectivity index (χ0) is 12.4. The molecule has 2 N–H and O–H groups in total. The second-order valence-electron chi connectivity index (χ2n) is 4.62. The van der Waals surface area contributed by atoms with Crippen LogP contribution in [0.3, 0.4) is 0 Å². The molecule has 1 heterocycles. The lowest BCUT2D eigenvalue weighted by molar-refractivity contribution is 0.0986. The second kappa shape index (κ2) is 5.02. The maximum Gasteiger partial charge on any atom is 0.146 e. The summed E-state index contributed by atoms with van der Waals surface area (Å²) in [7, 11) is 0. The van der Waals surface area contributed by atoms with Crippen LogP contribution >= 0.6 is 0 Å². The summed E-state index contributed by atoms with van der Waals surface area (Å²) in [4.78, 5) is 2.05. The summed E-state index contributed by atoms with van der Waals surface area (Å²) in [6.45, 7) is 5.92. The van der Waals surface area contributed by atoms with Crippen molar-refractivity contribution in [3.05, 3.63) is 29.6 Å². The Morgan fingerprint density at radius 1 is 1.53 bits per heavy atom. The van der Waals surface area contributed by atoms with Gasteiger partial charge in [0.25, 0.3) is 0 Å². The van der Waals surface area contributed by atoms with E-state index in [-0.39, 0.29) is 17.9 Å². The van der Waals surface area contributed by atoms with E-state index < -0.39 is 0 Å². The van der Waals surface area contributed by atoms with E-state index in [4.69, 9.17) is 10.5 Å². The zero-order valence-corrected chi connectivity index (χ0v) is 10.3. The van der Waals surface area contributed by atoms with Gasteiger partial charge in [-0.05, 0) is 31.5 Å². The first-order valence-electron chi connectivity index (χ1n) is 5.99. The van der Waals surface area contributed by atoms with Crippen molar-refractivity contribution < 1.29 is 9.13 Å². The van der Waals surface area contributed by atoms with Crippen molar-refractivity contribution in [1.29, 1.82) is 0 Å². The van der Waals surface area contributed by atoms with Crippen molar-refractivity contribution in [2.45, 2.75) is 25.9 Å². The molecule has 1 aliphatic rings. The number of nitrogens with zero attached hydrogens (tertiary/aromatic N) is 1. The summed E-state index contributed by atoms with van der Waals surface area (Å²) >= 11 is 0. The molecule has 0 bridgehead atoms. The minimum Gasteiger partial charge on any atom is -0.377 e. The highest BCUT2D eigenvalue weighted by Gasteiger charge is 2.21. The van der Waals surface area contributed by atoms with Gasteiger partial charge in [0, 0.05) is 18.6 Å². The Balaban J connectivity index is 2.26. The summed E-state index contributed by atoms with van der Waals surface area (Å²) in [5, 5.41) is 0. The van der Waals surface area contributed by atoms with Gasteiger partial charge in [-0.15, -0.1) is 0 Å². The number of rotatable bonds is 2. The maximum atomic E-state index is 14.0. The molecule has 0 aromatic heterocycles. The molecule has 0 radical (unpaired) electrons. The highest BCUT2D eigenvalue weighted by atomic mass is 19.1. The molecule has 0 saturated carbocycles. The molecule has 1 fully saturated rings. The number of ether oxygens (including phenoxy) is 1. The molecule has 1 saturated heterocycles. The smallest absolute Gasteiger partial charge is 0.146 e. The third-order valence-corrected chi connectivity index (χ3v) is 3.17. The fraction of sp³-hybridized carbons (Fsp3) is 0.538. The monoisotopic (exact) mass is 238 g/mol. The quantitative estimate of drug-likeness (QED) is 0.857. The van der Waals surface area contributed by atoms with Gasteiger partial charge in [-0.2, -0.15) is 0 Å². The van der Waals surface area contributed by atoms with Gasteiger partial charge in [-0.3, -0.25) is 0 Å². The molecule has 1 aliphatic heterocycles. The molecule has 0 amide bonds. The number of halogens is 1. The minimum atomic E-state index is -0.200. The van der Waals surface area contributed by atoms with Crippen LogP contribution in [-0.2, 0) is 4.74 Å². The van der Waals surface area contributed by atoms with Gasteiger partial charge >= 0.3 is 0 Å². The van der Waals surface area contributed by atoms with Crippen LogP contribution < -0.4 is 10.6 Å². The van der Waals surface area contributed by atoms with E-state index in [0.717, 1.165) is 12.1 Å². The van der Waals surface area contributed by atoms with Crippen LogP contribution in [0.5, 0.6) is 0 Å². The lowest BCUT2D eigenvalue weighted by Gasteiger charge is -2.35. The second-order valence-corrected chi connectivity index (χ2v) is 4.62. The van der Waals surface area contributed by atoms with E-state index in [1.807, 2.05) is 30.9 Å². The molecule has 94 valence electrons. The lowest BCUT2D eigenvalue weighted by Crippen LogP contribution is -2.44. The number of morpholine rings is 1. The van der Waals surface area contributed by atoms with Gasteiger partial charge in [0.15, 0.2) is 0 Å². The SMILES string of the molecule is CC(N)c1ccc(N2CCOCC2C)c(F)c1. The Bertz CT molecular complexity index is 395. The predicted molar refractivity (Wildman–Crippen MR) is 66.6 cm³/mol. The Kier molecular flexibility index (Phi) is 3.64. The molecule has 0 aliphatic carbocycles. The van der Waals surface area contributed by atoms with Crippen LogP contribution in [0.2, 0.25) is 0 Å². The first kappa shape index (κ1) is 12.3. The number of nitrogens with two attached hydrogens (primary N) is 1. The summed E-state index contributed by atoms with van der Waals surface area (Å²) in [5.74, 6) is -0.200. The van der Waals surface area contributed by atoms with Gasteiger partial charge in [0.05, 0.1) is 18.9 Å². The van der Waals surface area contributed by atoms with Gasteiger partial charge < -0.3 is 15.4 Å². The number of hydrogen-bond acceptors (Lipinski definition) is 3. The largest absolute Gasteiger partial charge is 0.377 e. The number of anilines is 1. The van der Waals surface area contributed by atoms with Crippen LogP contribution in [0, 0.1) is 5.82 Å². The molecule has 1 aromatic rings. The van der Waals surface area contributed by atoms with Crippen molar-refractivity contribution in [3.8, 4) is 0 Å². The van der Waals surface area contributed by atoms with Crippen molar-refractivity contribution >= 4 is 5.69 Å². The minimum absolute atomic E-state index is 0.138. The molecular weight excluding hydrogens is 219 g/mol. The van der Waals surface area contributed by atoms with E-state index in [0.29, 0.717) is 18.9 Å². The van der Waals surface area contributed by atoms with E-state index in [9.17, 15) is 4.39 Å². The molecule has 2 unspecified atom stereocenters. The summed E-state index contributed by atoms with van der Waals surface area (Å²) < 4.78 is 19.4. The van der Waals surface area contributed by atoms with Crippen molar-refractivity contribution in [1.82, 2.24) is 0 Å². The molecule has 1 aromatic carbocycles. The fourth-order valence-corrected chi connectivity index (χ4v) is 2.12. The van der Waals surface area contributed by atoms with Crippen LogP contribution in [-0.4, -0.2) is 25.8 Å². The Morgan fingerprint density at radius 3 is 2.88 bits per heavy atom. The first-order valence-corrected chi connectivity index (χ1v) is 5.99. The average molecular weight is 238 g/mol. The molecule has 2 atom stereocenters. The Morgan fingerprint density at radius 2 is 2.29 bits per heavy atom. The summed E-state index contributed by atoms with van der Waals surface area (Å²) in [6.07, 6.45) is 0. The van der Waals surface area contributed by atoms with Gasteiger partial charge in [0.2, 0.25) is 0 Å². The van der Waals surface area contributed by atoms with E-state index in [1.165, 1.54) is 6.07 Å². The topological polar surface area (TPSA) is 38.5 Å². The average Bonchev–Trinajstić information content (AvgIpc) is 2.30. The van der Waals surface area contributed by atoms with E-state index in [1.54, 1.807) is 0 Å². The molecule has 2 rings (SSSR count). The Hall–Kier alpha value is -1.13. The van der Waals surface area contributed by atoms with Crippen LogP contribution in [0.15, 0.2) is 18.2 Å². The number of hydrogen-bond donors (Lipinski definition) is 1. The van der Waals surface area contributed by atoms with E-state index in [2.05, 4.69) is 0 Å². The van der Waals surface area contributed by atoms with Crippen LogP contribution in [0.25, 0.3) is 0 Å². The maximum absolute atomic E-state index is 14.0. The van der Waals surface area contributed by atoms with Gasteiger partial charge in [0.1, 0.15) is 5.82 Å². The standard InChI is InChI=1S/C13H19FN2O/c1-9-8-17-6-5-16(9)13-4-3-11(10(2)15)7-12(13)14/h3-4,7,9-10H,5-6,8,15H2,1-2H3. The zero-order valence-electron chi connectivity index (χ0n) is 10.3. The first-order chi connectivity index (χ1) is 8.09. The molecule has 17 heavy (non-hydrogen) atoms. The van der Waals surface area contributed by atoms with Crippen molar-refractivity contribution in [2.24, 2.45) is 5.73 Å². The highest BCUT2D eigenvalue weighted by molar-refractivity contribution is 5.50. The third-order valence-electron chi connectivity index (χ3n) is 3.17. The number of benzene rings is 1. The third kappa shape index (κ3) is 2.58. The van der Waals surface area contributed by atoms with Gasteiger partial charge in [-0.1, -0.05) is 6.07 Å². The Labute approximate surface area is 101 Å². The summed E-state index contributed by atoms with van der Waals surface area (Å²) in [5.41, 5.74) is 7.21. The highest BCUT2D eigenvalue weighted by Crippen LogP contribution is 2.25. The predicted octanol–water partition coefficient (Wildman–Crippen LogP) is 2.07. The van der Waals surface area contributed by atoms with Crippen LogP contribution in [0.1, 0.15) is 25.5 Å². The summed E-state index contributed by atoms with van der Waals surface area (Å²) in [6, 6.07) is 5.31. The normalized spacial score (nSPS) is 22.6. The lowest BCUT2D eigenvalue weighted by atomic mass is 10.1. The fourth-order valence-electron chi connectivity index (χ4n) is 2.12. The van der Waals surface area contributed by atoms with E-state index >= 15 is 0 Å². The molecule has 3 nitrogen and oxygen atoms in total. The van der Waals surface area contributed by atoms with Crippen molar-refractivity contribution in [2.75, 3.05) is 24.7 Å². The molecule has 4 heteroatoms.